The van der Waals surface area contributed by atoms with E-state index in [1.165, 1.54) is 19.3 Å². The molecule has 0 aliphatic carbocycles. The molecule has 3 heterocycles. The summed E-state index contributed by atoms with van der Waals surface area (Å²) in [7, 11) is 0. The van der Waals surface area contributed by atoms with Crippen molar-refractivity contribution in [2.75, 3.05) is 39.3 Å². The highest BCUT2D eigenvalue weighted by Crippen LogP contribution is 2.15. The molecule has 1 amide bonds. The summed E-state index contributed by atoms with van der Waals surface area (Å²) in [4.78, 5) is 19.0. The summed E-state index contributed by atoms with van der Waals surface area (Å²) in [6.07, 6.45) is 9.73. The van der Waals surface area contributed by atoms with Gasteiger partial charge in [0.1, 0.15) is 11.6 Å². The quantitative estimate of drug-likeness (QED) is 0.286. The van der Waals surface area contributed by atoms with Crippen LogP contribution in [0.15, 0.2) is 4.99 Å². The lowest BCUT2D eigenvalue weighted by atomic mass is 10.1. The number of piperidine rings is 1. The first kappa shape index (κ1) is 24.5. The van der Waals surface area contributed by atoms with E-state index in [-0.39, 0.29) is 5.91 Å². The number of hydrogen-bond donors (Lipinski definition) is 3. The van der Waals surface area contributed by atoms with Gasteiger partial charge in [0.25, 0.3) is 0 Å². The second kappa shape index (κ2) is 13.4. The highest BCUT2D eigenvalue weighted by molar-refractivity contribution is 5.80. The molecule has 1 aromatic heterocycles. The van der Waals surface area contributed by atoms with E-state index in [0.29, 0.717) is 12.6 Å². The van der Waals surface area contributed by atoms with Crippen molar-refractivity contribution in [1.29, 1.82) is 0 Å². The lowest BCUT2D eigenvalue weighted by molar-refractivity contribution is -0.122. The van der Waals surface area contributed by atoms with Gasteiger partial charge in [-0.3, -0.25) is 14.7 Å². The van der Waals surface area contributed by atoms with Crippen molar-refractivity contribution < 1.29 is 4.79 Å². The van der Waals surface area contributed by atoms with Crippen LogP contribution in [0.25, 0.3) is 0 Å². The van der Waals surface area contributed by atoms with E-state index < -0.39 is 0 Å². The van der Waals surface area contributed by atoms with Gasteiger partial charge in [0.2, 0.25) is 5.91 Å². The first-order valence-corrected chi connectivity index (χ1v) is 12.6. The molecule has 32 heavy (non-hydrogen) atoms. The van der Waals surface area contributed by atoms with Crippen molar-refractivity contribution in [1.82, 2.24) is 35.6 Å². The van der Waals surface area contributed by atoms with E-state index >= 15 is 0 Å². The summed E-state index contributed by atoms with van der Waals surface area (Å²) in [5.41, 5.74) is 0. The van der Waals surface area contributed by atoms with E-state index in [1.54, 1.807) is 0 Å². The number of nitrogens with zero attached hydrogens (tertiary/aromatic N) is 5. The molecule has 1 aromatic rings. The number of aryl methyl sites for hydroxylation is 2. The molecule has 0 unspecified atom stereocenters. The van der Waals surface area contributed by atoms with Gasteiger partial charge in [0.05, 0.1) is 6.54 Å². The molecule has 0 aromatic carbocycles. The Morgan fingerprint density at radius 2 is 1.94 bits per heavy atom. The predicted octanol–water partition coefficient (Wildman–Crippen LogP) is 1.48. The molecule has 0 atom stereocenters. The minimum Gasteiger partial charge on any atom is -0.357 e. The smallest absolute Gasteiger partial charge is 0.234 e. The van der Waals surface area contributed by atoms with Crippen molar-refractivity contribution >= 4 is 11.9 Å². The fourth-order valence-corrected chi connectivity index (χ4v) is 4.43. The van der Waals surface area contributed by atoms with Crippen LogP contribution in [0.4, 0.5) is 0 Å². The Balaban J connectivity index is 1.40. The maximum Gasteiger partial charge on any atom is 0.234 e. The Morgan fingerprint density at radius 3 is 2.72 bits per heavy atom. The van der Waals surface area contributed by atoms with Gasteiger partial charge < -0.3 is 20.5 Å². The number of nitrogens with one attached hydrogen (secondary N) is 3. The Kier molecular flexibility index (Phi) is 10.3. The van der Waals surface area contributed by atoms with E-state index in [2.05, 4.69) is 49.5 Å². The van der Waals surface area contributed by atoms with Gasteiger partial charge in [-0.15, -0.1) is 10.2 Å². The third-order valence-electron chi connectivity index (χ3n) is 6.23. The number of rotatable bonds is 10. The molecule has 0 radical (unpaired) electrons. The molecule has 2 aliphatic rings. The minimum atomic E-state index is 0.137. The largest absolute Gasteiger partial charge is 0.357 e. The van der Waals surface area contributed by atoms with Crippen LogP contribution in [0.2, 0.25) is 0 Å². The third kappa shape index (κ3) is 7.76. The molecule has 3 rings (SSSR count). The summed E-state index contributed by atoms with van der Waals surface area (Å²) in [6.45, 7) is 10.00. The fraction of sp³-hybridized carbons (Fsp3) is 0.826. The maximum absolute atomic E-state index is 11.9. The van der Waals surface area contributed by atoms with Gasteiger partial charge in [0, 0.05) is 58.2 Å². The van der Waals surface area contributed by atoms with Crippen molar-refractivity contribution in [3.8, 4) is 0 Å². The molecule has 180 valence electrons. The Morgan fingerprint density at radius 1 is 1.09 bits per heavy atom. The number of guanidine groups is 1. The number of likely N-dealkylation sites (tertiary alicyclic amines) is 1. The van der Waals surface area contributed by atoms with E-state index in [0.717, 1.165) is 95.4 Å². The molecule has 1 fully saturated rings. The topological polar surface area (TPSA) is 99.5 Å². The number of aliphatic imine (C=N–C) groups is 1. The second-order valence-corrected chi connectivity index (χ2v) is 8.90. The number of hydrogen-bond acceptors (Lipinski definition) is 5. The van der Waals surface area contributed by atoms with Crippen LogP contribution >= 0.6 is 0 Å². The monoisotopic (exact) mass is 446 g/mol. The first-order valence-electron chi connectivity index (χ1n) is 12.6. The van der Waals surface area contributed by atoms with Crippen molar-refractivity contribution in [2.45, 2.75) is 84.2 Å². The van der Waals surface area contributed by atoms with E-state index in [4.69, 9.17) is 4.99 Å². The standard InChI is InChI=1S/C23H42N8O/c1-3-13-25-22(32)18-30-16-11-19(12-17-30)27-23(24-4-2)26-14-8-10-21-29-28-20-9-6-5-7-15-31(20)21/h19H,3-18H2,1-2H3,(H,25,32)(H2,24,26,27). The molecule has 0 saturated carbocycles. The summed E-state index contributed by atoms with van der Waals surface area (Å²) < 4.78 is 2.33. The lowest BCUT2D eigenvalue weighted by Gasteiger charge is -2.32. The second-order valence-electron chi connectivity index (χ2n) is 8.90. The van der Waals surface area contributed by atoms with Gasteiger partial charge in [0.15, 0.2) is 5.96 Å². The fourth-order valence-electron chi connectivity index (χ4n) is 4.43. The first-order chi connectivity index (χ1) is 15.7. The van der Waals surface area contributed by atoms with Crippen LogP contribution < -0.4 is 16.0 Å². The molecular weight excluding hydrogens is 404 g/mol. The summed E-state index contributed by atoms with van der Waals surface area (Å²) >= 11 is 0. The molecule has 0 spiro atoms. The van der Waals surface area contributed by atoms with Crippen LogP contribution in [0.3, 0.4) is 0 Å². The van der Waals surface area contributed by atoms with Crippen LogP contribution in [0, 0.1) is 0 Å². The molecule has 2 aliphatic heterocycles. The number of carbonyl (C=O) groups excluding carboxylic acids is 1. The molecule has 1 saturated heterocycles. The van der Waals surface area contributed by atoms with Crippen LogP contribution in [-0.4, -0.2) is 76.8 Å². The Bertz CT molecular complexity index is 724. The van der Waals surface area contributed by atoms with E-state index in [1.807, 2.05) is 0 Å². The van der Waals surface area contributed by atoms with Crippen molar-refractivity contribution in [3.05, 3.63) is 11.6 Å². The SMILES string of the molecule is CCCNC(=O)CN1CCC(NC(=NCCCc2nnc3n2CCCCC3)NCC)CC1. The highest BCUT2D eigenvalue weighted by Gasteiger charge is 2.21. The highest BCUT2D eigenvalue weighted by atomic mass is 16.2. The van der Waals surface area contributed by atoms with Crippen LogP contribution in [0.5, 0.6) is 0 Å². The van der Waals surface area contributed by atoms with Gasteiger partial charge in [-0.1, -0.05) is 13.3 Å². The normalized spacial score (nSPS) is 18.1. The van der Waals surface area contributed by atoms with Crippen LogP contribution in [-0.2, 0) is 24.2 Å². The number of carbonyl (C=O) groups is 1. The average Bonchev–Trinajstić information content (AvgIpc) is 3.02. The van der Waals surface area contributed by atoms with Crippen molar-refractivity contribution in [2.24, 2.45) is 4.99 Å². The summed E-state index contributed by atoms with van der Waals surface area (Å²) in [5.74, 6) is 3.31. The zero-order valence-electron chi connectivity index (χ0n) is 20.0. The number of aromatic nitrogens is 3. The molecule has 9 heteroatoms. The average molecular weight is 447 g/mol. The van der Waals surface area contributed by atoms with Crippen LogP contribution in [0.1, 0.15) is 70.4 Å². The zero-order valence-corrected chi connectivity index (χ0v) is 20.0. The molecule has 0 bridgehead atoms. The Labute approximate surface area is 192 Å². The van der Waals surface area contributed by atoms with Crippen molar-refractivity contribution in [3.63, 3.8) is 0 Å². The minimum absolute atomic E-state index is 0.137. The molecule has 3 N–H and O–H groups in total. The van der Waals surface area contributed by atoms with Gasteiger partial charge >= 0.3 is 0 Å². The van der Waals surface area contributed by atoms with Gasteiger partial charge in [-0.25, -0.2) is 0 Å². The Hall–Kier alpha value is -2.16. The summed E-state index contributed by atoms with van der Waals surface area (Å²) in [5, 5.41) is 18.8. The predicted molar refractivity (Wildman–Crippen MR) is 128 cm³/mol. The summed E-state index contributed by atoms with van der Waals surface area (Å²) in [6, 6.07) is 0.398. The number of fused-ring (bicyclic) bond motifs is 1. The molecular formula is C23H42N8O. The third-order valence-corrected chi connectivity index (χ3v) is 6.23. The number of amides is 1. The maximum atomic E-state index is 11.9. The van der Waals surface area contributed by atoms with Gasteiger partial charge in [-0.2, -0.15) is 0 Å². The molecule has 9 nitrogen and oxygen atoms in total. The van der Waals surface area contributed by atoms with E-state index in [9.17, 15) is 4.79 Å². The lowest BCUT2D eigenvalue weighted by Crippen LogP contribution is -2.50. The van der Waals surface area contributed by atoms with Gasteiger partial charge in [-0.05, 0) is 45.4 Å². The zero-order chi connectivity index (χ0) is 22.6.